The smallest absolute Gasteiger partial charge is 0.230 e. The molecule has 4 aromatic rings. The first-order chi connectivity index (χ1) is 15.1. The van der Waals surface area contributed by atoms with Crippen molar-refractivity contribution in [3.63, 3.8) is 0 Å². The number of amides is 1. The van der Waals surface area contributed by atoms with Crippen LogP contribution in [0.25, 0.3) is 20.7 Å². The fourth-order valence-electron chi connectivity index (χ4n) is 3.17. The molecule has 2 heterocycles. The zero-order valence-corrected chi connectivity index (χ0v) is 19.1. The van der Waals surface area contributed by atoms with Crippen LogP contribution in [-0.4, -0.2) is 35.3 Å². The highest BCUT2D eigenvalue weighted by Crippen LogP contribution is 2.36. The highest BCUT2D eigenvalue weighted by Gasteiger charge is 2.13. The van der Waals surface area contributed by atoms with E-state index in [1.54, 1.807) is 18.4 Å². The second-order valence-electron chi connectivity index (χ2n) is 7.01. The molecule has 0 aliphatic carbocycles. The normalized spacial score (nSPS) is 10.9. The van der Waals surface area contributed by atoms with E-state index in [4.69, 9.17) is 4.74 Å². The predicted molar refractivity (Wildman–Crippen MR) is 128 cm³/mol. The van der Waals surface area contributed by atoms with E-state index in [0.717, 1.165) is 49.2 Å². The highest BCUT2D eigenvalue weighted by atomic mass is 32.2. The Kier molecular flexibility index (Phi) is 6.84. The molecule has 7 heteroatoms. The predicted octanol–water partition coefficient (Wildman–Crippen LogP) is 5.13. The molecule has 2 aromatic carbocycles. The van der Waals surface area contributed by atoms with Gasteiger partial charge in [-0.15, -0.1) is 11.3 Å². The summed E-state index contributed by atoms with van der Waals surface area (Å²) in [4.78, 5) is 23.6. The molecule has 0 unspecified atom stereocenters. The highest BCUT2D eigenvalue weighted by molar-refractivity contribution is 8.00. The lowest BCUT2D eigenvalue weighted by atomic mass is 10.1. The number of thioether (sulfide) groups is 1. The summed E-state index contributed by atoms with van der Waals surface area (Å²) in [6, 6.07) is 20.3. The Morgan fingerprint density at radius 3 is 2.61 bits per heavy atom. The number of nitrogens with zero attached hydrogens (tertiary/aromatic N) is 2. The third-order valence-corrected chi connectivity index (χ3v) is 6.83. The quantitative estimate of drug-likeness (QED) is 0.299. The molecule has 0 fully saturated rings. The molecule has 0 bridgehead atoms. The fourth-order valence-corrected chi connectivity index (χ4v) is 5.20. The van der Waals surface area contributed by atoms with Gasteiger partial charge in [-0.1, -0.05) is 54.2 Å². The summed E-state index contributed by atoms with van der Waals surface area (Å²) >= 11 is 3.11. The van der Waals surface area contributed by atoms with Crippen LogP contribution in [0.2, 0.25) is 0 Å². The van der Waals surface area contributed by atoms with Crippen molar-refractivity contribution in [3.8, 4) is 16.2 Å². The van der Waals surface area contributed by atoms with Crippen LogP contribution in [0.5, 0.6) is 5.75 Å². The maximum Gasteiger partial charge on any atom is 0.230 e. The number of nitrogens with one attached hydrogen (secondary N) is 1. The third kappa shape index (κ3) is 5.42. The largest absolute Gasteiger partial charge is 0.497 e. The van der Waals surface area contributed by atoms with Gasteiger partial charge in [0.05, 0.1) is 12.9 Å². The maximum atomic E-state index is 12.4. The molecule has 1 amide bonds. The van der Waals surface area contributed by atoms with E-state index in [9.17, 15) is 4.79 Å². The van der Waals surface area contributed by atoms with Gasteiger partial charge in [0.2, 0.25) is 5.91 Å². The van der Waals surface area contributed by atoms with E-state index >= 15 is 0 Å². The number of methoxy groups -OCH3 is 1. The zero-order valence-electron chi connectivity index (χ0n) is 17.4. The van der Waals surface area contributed by atoms with Gasteiger partial charge in [-0.05, 0) is 42.7 Å². The van der Waals surface area contributed by atoms with Gasteiger partial charge in [0, 0.05) is 16.8 Å². The van der Waals surface area contributed by atoms with Crippen molar-refractivity contribution in [2.24, 2.45) is 0 Å². The van der Waals surface area contributed by atoms with Crippen molar-refractivity contribution in [3.05, 3.63) is 72.1 Å². The van der Waals surface area contributed by atoms with Crippen LogP contribution in [0.4, 0.5) is 0 Å². The van der Waals surface area contributed by atoms with E-state index in [2.05, 4.69) is 33.5 Å². The Balaban J connectivity index is 1.37. The summed E-state index contributed by atoms with van der Waals surface area (Å²) in [7, 11) is 1.65. The van der Waals surface area contributed by atoms with Crippen LogP contribution in [0.15, 0.2) is 65.7 Å². The standard InChI is InChI=1S/C24H23N3O2S2/c1-16-26-23(20-14-21(31-24(20)27-16)18-6-4-3-5-7-18)30-15-22(28)25-13-12-17-8-10-19(29-2)11-9-17/h3-11,14H,12-13,15H2,1-2H3,(H,25,28). The van der Waals surface area contributed by atoms with Crippen LogP contribution < -0.4 is 10.1 Å². The molecule has 0 aliphatic rings. The van der Waals surface area contributed by atoms with Crippen molar-refractivity contribution in [2.75, 3.05) is 19.4 Å². The Labute approximate surface area is 189 Å². The number of fused-ring (bicyclic) bond motifs is 1. The van der Waals surface area contributed by atoms with Crippen molar-refractivity contribution < 1.29 is 9.53 Å². The van der Waals surface area contributed by atoms with Gasteiger partial charge in [-0.2, -0.15) is 0 Å². The minimum atomic E-state index is 0.00133. The number of rotatable bonds is 8. The lowest BCUT2D eigenvalue weighted by Gasteiger charge is -2.07. The number of benzene rings is 2. The van der Waals surface area contributed by atoms with Gasteiger partial charge < -0.3 is 10.1 Å². The topological polar surface area (TPSA) is 64.1 Å². The van der Waals surface area contributed by atoms with Crippen molar-refractivity contribution in [1.82, 2.24) is 15.3 Å². The minimum absolute atomic E-state index is 0.00133. The first kappa shape index (κ1) is 21.3. The number of carbonyl (C=O) groups excluding carboxylic acids is 1. The lowest BCUT2D eigenvalue weighted by Crippen LogP contribution is -2.27. The first-order valence-corrected chi connectivity index (χ1v) is 11.8. The Morgan fingerprint density at radius 2 is 1.87 bits per heavy atom. The molecular formula is C24H23N3O2S2. The molecule has 158 valence electrons. The minimum Gasteiger partial charge on any atom is -0.497 e. The van der Waals surface area contributed by atoms with Crippen LogP contribution in [0.1, 0.15) is 11.4 Å². The number of aryl methyl sites for hydroxylation is 1. The molecule has 0 radical (unpaired) electrons. The fraction of sp³-hybridized carbons (Fsp3) is 0.208. The van der Waals surface area contributed by atoms with Gasteiger partial charge >= 0.3 is 0 Å². The van der Waals surface area contributed by atoms with Crippen LogP contribution >= 0.6 is 23.1 Å². The van der Waals surface area contributed by atoms with Gasteiger partial charge in [0.1, 0.15) is 21.4 Å². The molecule has 0 aliphatic heterocycles. The van der Waals surface area contributed by atoms with Crippen LogP contribution in [0.3, 0.4) is 0 Å². The van der Waals surface area contributed by atoms with E-state index in [-0.39, 0.29) is 5.91 Å². The van der Waals surface area contributed by atoms with E-state index < -0.39 is 0 Å². The van der Waals surface area contributed by atoms with Gasteiger partial charge in [0.25, 0.3) is 0 Å². The number of carbonyl (C=O) groups is 1. The second-order valence-corrected chi connectivity index (χ2v) is 9.00. The molecule has 4 rings (SSSR count). The summed E-state index contributed by atoms with van der Waals surface area (Å²) < 4.78 is 5.17. The van der Waals surface area contributed by atoms with Crippen molar-refractivity contribution >= 4 is 39.2 Å². The molecule has 5 nitrogen and oxygen atoms in total. The monoisotopic (exact) mass is 449 g/mol. The Hall–Kier alpha value is -2.90. The van der Waals surface area contributed by atoms with Crippen LogP contribution in [-0.2, 0) is 11.2 Å². The van der Waals surface area contributed by atoms with E-state index in [1.807, 2.05) is 49.4 Å². The average molecular weight is 450 g/mol. The molecule has 31 heavy (non-hydrogen) atoms. The summed E-state index contributed by atoms with van der Waals surface area (Å²) in [5.41, 5.74) is 2.32. The number of ether oxygens (including phenoxy) is 1. The van der Waals surface area contributed by atoms with Crippen molar-refractivity contribution in [1.29, 1.82) is 0 Å². The molecule has 2 aromatic heterocycles. The Morgan fingerprint density at radius 1 is 1.10 bits per heavy atom. The van der Waals surface area contributed by atoms with Crippen molar-refractivity contribution in [2.45, 2.75) is 18.4 Å². The second kappa shape index (κ2) is 9.94. The maximum absolute atomic E-state index is 12.4. The summed E-state index contributed by atoms with van der Waals surface area (Å²) in [5.74, 6) is 1.88. The number of aromatic nitrogens is 2. The Bertz CT molecular complexity index is 1170. The number of hydrogen-bond acceptors (Lipinski definition) is 6. The van der Waals surface area contributed by atoms with Gasteiger partial charge in [-0.3, -0.25) is 4.79 Å². The lowest BCUT2D eigenvalue weighted by molar-refractivity contribution is -0.118. The van der Waals surface area contributed by atoms with Crippen LogP contribution in [0, 0.1) is 6.92 Å². The molecule has 0 atom stereocenters. The van der Waals surface area contributed by atoms with Gasteiger partial charge in [0.15, 0.2) is 0 Å². The molecule has 0 saturated heterocycles. The molecule has 0 saturated carbocycles. The molecular weight excluding hydrogens is 426 g/mol. The average Bonchev–Trinajstić information content (AvgIpc) is 3.22. The summed E-state index contributed by atoms with van der Waals surface area (Å²) in [6.07, 6.45) is 0.780. The third-order valence-electron chi connectivity index (χ3n) is 4.76. The SMILES string of the molecule is COc1ccc(CCNC(=O)CSc2nc(C)nc3sc(-c4ccccc4)cc23)cc1. The first-order valence-electron chi connectivity index (χ1n) is 9.98. The molecule has 0 spiro atoms. The summed E-state index contributed by atoms with van der Waals surface area (Å²) in [6.45, 7) is 2.49. The van der Waals surface area contributed by atoms with Gasteiger partial charge in [-0.25, -0.2) is 9.97 Å². The number of thiophene rings is 1. The molecule has 1 N–H and O–H groups in total. The van der Waals surface area contributed by atoms with E-state index in [0.29, 0.717) is 12.3 Å². The zero-order chi connectivity index (χ0) is 21.6. The summed E-state index contributed by atoms with van der Waals surface area (Å²) in [5, 5.41) is 4.85. The number of hydrogen-bond donors (Lipinski definition) is 1. The van der Waals surface area contributed by atoms with E-state index in [1.165, 1.54) is 11.8 Å².